The largest absolute Gasteiger partial charge is 0.379 e. The molecule has 0 spiro atoms. The fraction of sp³-hybridized carbons (Fsp3) is 0.571. The second-order valence-corrected chi connectivity index (χ2v) is 4.63. The van der Waals surface area contributed by atoms with Crippen LogP contribution >= 0.6 is 0 Å². The molecule has 0 aromatic carbocycles. The average Bonchev–Trinajstić information content (AvgIpc) is 2.47. The van der Waals surface area contributed by atoms with Crippen LogP contribution in [0.25, 0.3) is 0 Å². The molecule has 19 heavy (non-hydrogen) atoms. The Morgan fingerprint density at radius 3 is 2.95 bits per heavy atom. The van der Waals surface area contributed by atoms with Gasteiger partial charge in [-0.3, -0.25) is 14.7 Å². The minimum absolute atomic E-state index is 0.0962. The lowest BCUT2D eigenvalue weighted by atomic mass is 10.2. The number of aromatic nitrogens is 1. The second-order valence-electron chi connectivity index (χ2n) is 4.63. The molecule has 2 heterocycles. The van der Waals surface area contributed by atoms with Crippen molar-refractivity contribution >= 4 is 5.91 Å². The molecule has 0 unspecified atom stereocenters. The van der Waals surface area contributed by atoms with Crippen LogP contribution in [0.2, 0.25) is 0 Å². The van der Waals surface area contributed by atoms with Crippen LogP contribution in [-0.4, -0.2) is 55.2 Å². The molecule has 0 aliphatic carbocycles. The summed E-state index contributed by atoms with van der Waals surface area (Å²) in [6.07, 6.45) is 2.95. The molecule has 0 bridgehead atoms. The van der Waals surface area contributed by atoms with Gasteiger partial charge in [-0.1, -0.05) is 6.07 Å². The molecule has 1 N–H and O–H groups in total. The van der Waals surface area contributed by atoms with Gasteiger partial charge >= 0.3 is 0 Å². The zero-order chi connectivity index (χ0) is 13.3. The maximum Gasteiger partial charge on any atom is 0.220 e. The molecule has 5 heteroatoms. The zero-order valence-electron chi connectivity index (χ0n) is 11.2. The number of nitrogens with zero attached hydrogens (tertiary/aromatic N) is 2. The van der Waals surface area contributed by atoms with Crippen molar-refractivity contribution in [3.8, 4) is 0 Å². The van der Waals surface area contributed by atoms with Gasteiger partial charge in [0.15, 0.2) is 0 Å². The van der Waals surface area contributed by atoms with Gasteiger partial charge in [-0.05, 0) is 18.6 Å². The van der Waals surface area contributed by atoms with Gasteiger partial charge in [0.2, 0.25) is 5.91 Å². The summed E-state index contributed by atoms with van der Waals surface area (Å²) in [6, 6.07) is 5.77. The Labute approximate surface area is 114 Å². The van der Waals surface area contributed by atoms with Crippen molar-refractivity contribution in [3.63, 3.8) is 0 Å². The van der Waals surface area contributed by atoms with E-state index < -0.39 is 0 Å². The molecule has 1 aromatic heterocycles. The van der Waals surface area contributed by atoms with Gasteiger partial charge in [0, 0.05) is 44.5 Å². The molecule has 1 aliphatic rings. The molecular weight excluding hydrogens is 242 g/mol. The normalized spacial score (nSPS) is 16.2. The first-order valence-electron chi connectivity index (χ1n) is 6.81. The zero-order valence-corrected chi connectivity index (χ0v) is 11.2. The summed E-state index contributed by atoms with van der Waals surface area (Å²) < 4.78 is 5.28. The predicted octanol–water partition coefficient (Wildman–Crippen LogP) is 0.463. The summed E-state index contributed by atoms with van der Waals surface area (Å²) in [6.45, 7) is 5.13. The summed E-state index contributed by atoms with van der Waals surface area (Å²) in [5.74, 6) is 0.0962. The molecule has 5 nitrogen and oxygen atoms in total. The Morgan fingerprint density at radius 1 is 1.37 bits per heavy atom. The number of pyridine rings is 1. The number of ether oxygens (including phenoxy) is 1. The number of aryl methyl sites for hydroxylation is 1. The number of hydrogen-bond donors (Lipinski definition) is 1. The van der Waals surface area contributed by atoms with Gasteiger partial charge in [0.05, 0.1) is 13.2 Å². The van der Waals surface area contributed by atoms with Crippen molar-refractivity contribution in [2.75, 3.05) is 39.4 Å². The first-order valence-corrected chi connectivity index (χ1v) is 6.81. The Kier molecular flexibility index (Phi) is 5.78. The van der Waals surface area contributed by atoms with Crippen molar-refractivity contribution in [1.29, 1.82) is 0 Å². The molecule has 1 aromatic rings. The third kappa shape index (κ3) is 5.36. The van der Waals surface area contributed by atoms with Gasteiger partial charge in [-0.2, -0.15) is 0 Å². The average molecular weight is 263 g/mol. The first kappa shape index (κ1) is 14.0. The van der Waals surface area contributed by atoms with E-state index in [2.05, 4.69) is 15.2 Å². The van der Waals surface area contributed by atoms with Crippen LogP contribution in [0.1, 0.15) is 12.1 Å². The fourth-order valence-electron chi connectivity index (χ4n) is 2.05. The maximum absolute atomic E-state index is 11.7. The number of carbonyl (C=O) groups is 1. The molecule has 1 fully saturated rings. The van der Waals surface area contributed by atoms with Crippen LogP contribution in [-0.2, 0) is 16.0 Å². The molecule has 0 radical (unpaired) electrons. The second kappa shape index (κ2) is 7.86. The van der Waals surface area contributed by atoms with Crippen molar-refractivity contribution in [3.05, 3.63) is 30.1 Å². The summed E-state index contributed by atoms with van der Waals surface area (Å²) in [4.78, 5) is 18.2. The Balaban J connectivity index is 1.57. The number of hydrogen-bond acceptors (Lipinski definition) is 4. The van der Waals surface area contributed by atoms with E-state index in [1.807, 2.05) is 18.2 Å². The fourth-order valence-corrected chi connectivity index (χ4v) is 2.05. The van der Waals surface area contributed by atoms with Crippen LogP contribution < -0.4 is 5.32 Å². The quantitative estimate of drug-likeness (QED) is 0.810. The van der Waals surface area contributed by atoms with Gasteiger partial charge in [0.1, 0.15) is 0 Å². The number of rotatable bonds is 6. The first-order chi connectivity index (χ1) is 9.34. The minimum atomic E-state index is 0.0962. The third-order valence-electron chi connectivity index (χ3n) is 3.19. The van der Waals surface area contributed by atoms with E-state index in [0.717, 1.165) is 38.5 Å². The lowest BCUT2D eigenvalue weighted by Crippen LogP contribution is -2.41. The minimum Gasteiger partial charge on any atom is -0.379 e. The SMILES string of the molecule is O=C(CCc1ccccn1)NCCN1CCOCC1. The lowest BCUT2D eigenvalue weighted by Gasteiger charge is -2.26. The summed E-state index contributed by atoms with van der Waals surface area (Å²) in [5, 5.41) is 2.95. The summed E-state index contributed by atoms with van der Waals surface area (Å²) in [7, 11) is 0. The van der Waals surface area contributed by atoms with E-state index in [-0.39, 0.29) is 5.91 Å². The lowest BCUT2D eigenvalue weighted by molar-refractivity contribution is -0.121. The van der Waals surface area contributed by atoms with Crippen molar-refractivity contribution < 1.29 is 9.53 Å². The van der Waals surface area contributed by atoms with E-state index in [0.29, 0.717) is 19.4 Å². The van der Waals surface area contributed by atoms with E-state index in [1.165, 1.54) is 0 Å². The number of amides is 1. The maximum atomic E-state index is 11.7. The predicted molar refractivity (Wildman–Crippen MR) is 72.8 cm³/mol. The van der Waals surface area contributed by atoms with Crippen LogP contribution in [0.5, 0.6) is 0 Å². The van der Waals surface area contributed by atoms with Crippen LogP contribution in [0.15, 0.2) is 24.4 Å². The molecule has 1 amide bonds. The molecular formula is C14H21N3O2. The topological polar surface area (TPSA) is 54.5 Å². The molecule has 104 valence electrons. The van der Waals surface area contributed by atoms with Gasteiger partial charge in [0.25, 0.3) is 0 Å². The number of nitrogens with one attached hydrogen (secondary N) is 1. The van der Waals surface area contributed by atoms with Crippen molar-refractivity contribution in [1.82, 2.24) is 15.2 Å². The number of morpholine rings is 1. The van der Waals surface area contributed by atoms with Gasteiger partial charge in [-0.25, -0.2) is 0 Å². The molecule has 0 atom stereocenters. The van der Waals surface area contributed by atoms with Crippen LogP contribution in [0, 0.1) is 0 Å². The Morgan fingerprint density at radius 2 is 2.21 bits per heavy atom. The highest BCUT2D eigenvalue weighted by atomic mass is 16.5. The van der Waals surface area contributed by atoms with Crippen LogP contribution in [0.4, 0.5) is 0 Å². The monoisotopic (exact) mass is 263 g/mol. The molecule has 2 rings (SSSR count). The Hall–Kier alpha value is -1.46. The molecule has 1 aliphatic heterocycles. The molecule has 1 saturated heterocycles. The highest BCUT2D eigenvalue weighted by Crippen LogP contribution is 1.98. The highest BCUT2D eigenvalue weighted by Gasteiger charge is 2.10. The van der Waals surface area contributed by atoms with Gasteiger partial charge < -0.3 is 10.1 Å². The third-order valence-corrected chi connectivity index (χ3v) is 3.19. The highest BCUT2D eigenvalue weighted by molar-refractivity contribution is 5.76. The number of carbonyl (C=O) groups excluding carboxylic acids is 1. The molecule has 0 saturated carbocycles. The van der Waals surface area contributed by atoms with E-state index in [4.69, 9.17) is 4.74 Å². The summed E-state index contributed by atoms with van der Waals surface area (Å²) >= 11 is 0. The smallest absolute Gasteiger partial charge is 0.220 e. The van der Waals surface area contributed by atoms with E-state index in [1.54, 1.807) is 6.20 Å². The summed E-state index contributed by atoms with van der Waals surface area (Å²) in [5.41, 5.74) is 0.964. The standard InChI is InChI=1S/C14H21N3O2/c18-14(5-4-13-3-1-2-6-15-13)16-7-8-17-9-11-19-12-10-17/h1-3,6H,4-5,7-12H2,(H,16,18). The van der Waals surface area contributed by atoms with Gasteiger partial charge in [-0.15, -0.1) is 0 Å². The van der Waals surface area contributed by atoms with Crippen molar-refractivity contribution in [2.45, 2.75) is 12.8 Å². The van der Waals surface area contributed by atoms with E-state index in [9.17, 15) is 4.79 Å². The van der Waals surface area contributed by atoms with E-state index >= 15 is 0 Å². The van der Waals surface area contributed by atoms with Crippen molar-refractivity contribution in [2.24, 2.45) is 0 Å². The van der Waals surface area contributed by atoms with Crippen LogP contribution in [0.3, 0.4) is 0 Å². The Bertz CT molecular complexity index is 378.